The Morgan fingerprint density at radius 2 is 1.62 bits per heavy atom. The second kappa shape index (κ2) is 10.8. The van der Waals surface area contributed by atoms with Crippen LogP contribution < -0.4 is 9.80 Å². The number of piperidine rings is 1. The fraction of sp³-hybridized carbons (Fsp3) is 0.500. The number of hydrogen-bond donors (Lipinski definition) is 0. The molecule has 0 saturated carbocycles. The average molecular weight is 601 g/mol. The van der Waals surface area contributed by atoms with Crippen LogP contribution in [0.25, 0.3) is 27.8 Å². The van der Waals surface area contributed by atoms with E-state index in [4.69, 9.17) is 11.6 Å². The van der Waals surface area contributed by atoms with E-state index in [9.17, 15) is 13.2 Å². The van der Waals surface area contributed by atoms with Crippen molar-refractivity contribution in [3.05, 3.63) is 47.1 Å². The largest absolute Gasteiger partial charge is 0.418 e. The zero-order valence-electron chi connectivity index (χ0n) is 24.5. The number of aromatic nitrogens is 4. The zero-order valence-corrected chi connectivity index (χ0v) is 25.3. The van der Waals surface area contributed by atoms with Gasteiger partial charge in [0, 0.05) is 44.3 Å². The van der Waals surface area contributed by atoms with Crippen LogP contribution >= 0.6 is 11.6 Å². The quantitative estimate of drug-likeness (QED) is 0.299. The highest BCUT2D eigenvalue weighted by atomic mass is 35.5. The van der Waals surface area contributed by atoms with Crippen LogP contribution in [-0.2, 0) is 6.18 Å². The summed E-state index contributed by atoms with van der Waals surface area (Å²) in [4.78, 5) is 13.0. The highest BCUT2D eigenvalue weighted by Crippen LogP contribution is 2.44. The van der Waals surface area contributed by atoms with Gasteiger partial charge in [-0.2, -0.15) is 13.2 Å². The first-order valence-corrected chi connectivity index (χ1v) is 14.7. The lowest BCUT2D eigenvalue weighted by Gasteiger charge is -2.42. The van der Waals surface area contributed by atoms with E-state index in [-0.39, 0.29) is 10.7 Å². The summed E-state index contributed by atoms with van der Waals surface area (Å²) in [6.07, 6.45) is -1.33. The molecule has 4 aromatic rings. The number of likely N-dealkylation sites (N-methyl/N-ethyl adjacent to an activating group) is 1. The average Bonchev–Trinajstić information content (AvgIpc) is 3.39. The maximum Gasteiger partial charge on any atom is 0.418 e. The van der Waals surface area contributed by atoms with Crippen molar-refractivity contribution in [3.8, 4) is 11.1 Å². The SMILES string of the molecule is CC1CN(c2nnc3cnc4ccc(-c5cc(Cl)c(N6CCC(N(C)C)CC6)c(C(F)(F)F)c5)cc4n23)C[C@H](C)N1C. The number of nitrogens with zero attached hydrogens (tertiary/aromatic N) is 8. The molecule has 224 valence electrons. The summed E-state index contributed by atoms with van der Waals surface area (Å²) in [7, 11) is 6.13. The smallest absolute Gasteiger partial charge is 0.370 e. The fourth-order valence-electron chi connectivity index (χ4n) is 6.40. The zero-order chi connectivity index (χ0) is 29.9. The molecular weight excluding hydrogens is 565 g/mol. The van der Waals surface area contributed by atoms with E-state index in [0.29, 0.717) is 59.5 Å². The summed E-state index contributed by atoms with van der Waals surface area (Å²) in [5.74, 6) is 0.701. The van der Waals surface area contributed by atoms with Crippen molar-refractivity contribution in [1.29, 1.82) is 0 Å². The standard InChI is InChI=1S/C30H36ClF3N8/c1-18-16-41(17-19(2)39(18)5)29-37-36-27-15-35-25-7-6-20(14-26(25)42(27)29)21-12-23(30(32,33)34)28(24(31)13-21)40-10-8-22(9-11-40)38(3)4/h6-7,12-15,18-19,22H,8-11,16-17H2,1-5H3/t18-,19?/m0/s1. The number of alkyl halides is 3. The predicted molar refractivity (Wildman–Crippen MR) is 162 cm³/mol. The van der Waals surface area contributed by atoms with Gasteiger partial charge in [-0.25, -0.2) is 0 Å². The Kier molecular flexibility index (Phi) is 7.47. The Labute approximate surface area is 248 Å². The number of hydrogen-bond acceptors (Lipinski definition) is 7. The van der Waals surface area contributed by atoms with Crippen molar-refractivity contribution in [2.75, 3.05) is 57.1 Å². The summed E-state index contributed by atoms with van der Waals surface area (Å²) in [6.45, 7) is 6.96. The Morgan fingerprint density at radius 1 is 0.929 bits per heavy atom. The molecule has 6 rings (SSSR count). The Bertz CT molecular complexity index is 1600. The first-order chi connectivity index (χ1) is 19.9. The van der Waals surface area contributed by atoms with Crippen molar-refractivity contribution in [2.45, 2.75) is 51.0 Å². The fourth-order valence-corrected chi connectivity index (χ4v) is 6.74. The van der Waals surface area contributed by atoms with E-state index in [1.54, 1.807) is 23.2 Å². The van der Waals surface area contributed by atoms with Gasteiger partial charge in [0.2, 0.25) is 5.95 Å². The van der Waals surface area contributed by atoms with Crippen molar-refractivity contribution in [1.82, 2.24) is 29.4 Å². The predicted octanol–water partition coefficient (Wildman–Crippen LogP) is 5.68. The van der Waals surface area contributed by atoms with Gasteiger partial charge >= 0.3 is 6.18 Å². The third kappa shape index (κ3) is 5.16. The molecule has 2 aliphatic rings. The Morgan fingerprint density at radius 3 is 2.26 bits per heavy atom. The van der Waals surface area contributed by atoms with Gasteiger partial charge in [0.25, 0.3) is 0 Å². The molecule has 0 N–H and O–H groups in total. The molecule has 2 aliphatic heterocycles. The first kappa shape index (κ1) is 28.9. The topological polar surface area (TPSA) is 56.0 Å². The van der Waals surface area contributed by atoms with E-state index < -0.39 is 11.7 Å². The van der Waals surface area contributed by atoms with E-state index in [0.717, 1.165) is 31.4 Å². The Hall–Kier alpha value is -3.15. The van der Waals surface area contributed by atoms with Crippen LogP contribution in [0.15, 0.2) is 36.5 Å². The van der Waals surface area contributed by atoms with Gasteiger partial charge in [0.1, 0.15) is 0 Å². The molecule has 0 aliphatic carbocycles. The maximum atomic E-state index is 14.5. The molecule has 42 heavy (non-hydrogen) atoms. The van der Waals surface area contributed by atoms with Gasteiger partial charge < -0.3 is 14.7 Å². The molecule has 4 heterocycles. The summed E-state index contributed by atoms with van der Waals surface area (Å²) in [5, 5.41) is 8.98. The molecule has 2 atom stereocenters. The second-order valence-electron chi connectivity index (χ2n) is 12.0. The van der Waals surface area contributed by atoms with E-state index in [1.165, 1.54) is 6.07 Å². The van der Waals surface area contributed by atoms with Gasteiger partial charge in [0.15, 0.2) is 5.65 Å². The molecule has 0 amide bonds. The van der Waals surface area contributed by atoms with Crippen LogP contribution in [0.3, 0.4) is 0 Å². The molecule has 12 heteroatoms. The van der Waals surface area contributed by atoms with Gasteiger partial charge in [-0.1, -0.05) is 17.7 Å². The lowest BCUT2D eigenvalue weighted by atomic mass is 9.98. The summed E-state index contributed by atoms with van der Waals surface area (Å²) < 4.78 is 45.5. The van der Waals surface area contributed by atoms with E-state index in [1.807, 2.05) is 30.6 Å². The molecule has 0 spiro atoms. The van der Waals surface area contributed by atoms with Gasteiger partial charge in [-0.3, -0.25) is 14.3 Å². The summed E-state index contributed by atoms with van der Waals surface area (Å²) in [6, 6.07) is 9.33. The molecule has 0 bridgehead atoms. The highest BCUT2D eigenvalue weighted by Gasteiger charge is 2.38. The number of rotatable bonds is 4. The van der Waals surface area contributed by atoms with Crippen LogP contribution in [-0.4, -0.2) is 94.8 Å². The third-order valence-corrected chi connectivity index (χ3v) is 9.35. The molecule has 2 aromatic carbocycles. The lowest BCUT2D eigenvalue weighted by Crippen LogP contribution is -2.55. The number of fused-ring (bicyclic) bond motifs is 3. The van der Waals surface area contributed by atoms with Crippen LogP contribution in [0.1, 0.15) is 32.3 Å². The molecule has 8 nitrogen and oxygen atoms in total. The third-order valence-electron chi connectivity index (χ3n) is 9.06. The highest BCUT2D eigenvalue weighted by molar-refractivity contribution is 6.33. The number of halogens is 4. The Balaban J connectivity index is 1.43. The molecule has 0 radical (unpaired) electrons. The molecular formula is C30H36ClF3N8. The lowest BCUT2D eigenvalue weighted by molar-refractivity contribution is -0.137. The number of piperazine rings is 1. The van der Waals surface area contributed by atoms with Crippen molar-refractivity contribution < 1.29 is 13.2 Å². The summed E-state index contributed by atoms with van der Waals surface area (Å²) in [5.41, 5.74) is 2.37. The first-order valence-electron chi connectivity index (χ1n) is 14.4. The van der Waals surface area contributed by atoms with Gasteiger partial charge in [-0.05, 0) is 83.2 Å². The van der Waals surface area contributed by atoms with E-state index >= 15 is 0 Å². The number of benzene rings is 2. The van der Waals surface area contributed by atoms with Crippen molar-refractivity contribution in [3.63, 3.8) is 0 Å². The van der Waals surface area contributed by atoms with Crippen LogP contribution in [0.5, 0.6) is 0 Å². The summed E-state index contributed by atoms with van der Waals surface area (Å²) >= 11 is 6.68. The van der Waals surface area contributed by atoms with Crippen LogP contribution in [0, 0.1) is 0 Å². The minimum absolute atomic E-state index is 0.0642. The van der Waals surface area contributed by atoms with Crippen molar-refractivity contribution >= 4 is 39.9 Å². The van der Waals surface area contributed by atoms with Crippen LogP contribution in [0.4, 0.5) is 24.8 Å². The number of anilines is 2. The normalized spacial score (nSPS) is 21.3. The van der Waals surface area contributed by atoms with E-state index in [2.05, 4.69) is 50.8 Å². The molecule has 1 unspecified atom stereocenters. The van der Waals surface area contributed by atoms with Gasteiger partial charge in [0.05, 0.1) is 33.5 Å². The monoisotopic (exact) mass is 600 g/mol. The minimum atomic E-state index is -4.56. The van der Waals surface area contributed by atoms with Gasteiger partial charge in [-0.15, -0.1) is 10.2 Å². The minimum Gasteiger partial charge on any atom is -0.370 e. The maximum absolute atomic E-state index is 14.5. The van der Waals surface area contributed by atoms with Crippen molar-refractivity contribution in [2.24, 2.45) is 0 Å². The molecule has 2 saturated heterocycles. The molecule has 2 fully saturated rings. The second-order valence-corrected chi connectivity index (χ2v) is 12.4. The molecule has 2 aromatic heterocycles. The van der Waals surface area contributed by atoms with Crippen LogP contribution in [0.2, 0.25) is 5.02 Å².